The van der Waals surface area contributed by atoms with E-state index >= 15 is 0 Å². The van der Waals surface area contributed by atoms with Crippen molar-refractivity contribution in [2.45, 2.75) is 12.8 Å². The zero-order chi connectivity index (χ0) is 13.0. The molecule has 98 valence electrons. The Morgan fingerprint density at radius 3 is 2.89 bits per heavy atom. The van der Waals surface area contributed by atoms with Gasteiger partial charge in [-0.1, -0.05) is 11.6 Å². The fourth-order valence-corrected chi connectivity index (χ4v) is 2.35. The lowest BCUT2D eigenvalue weighted by Crippen LogP contribution is -2.35. The van der Waals surface area contributed by atoms with E-state index in [9.17, 15) is 4.79 Å². The van der Waals surface area contributed by atoms with Gasteiger partial charge < -0.3 is 9.80 Å². The minimum Gasteiger partial charge on any atom is -0.340 e. The monoisotopic (exact) mass is 267 g/mol. The van der Waals surface area contributed by atoms with Gasteiger partial charge in [0, 0.05) is 32.5 Å². The molecule has 0 N–H and O–H groups in total. The van der Waals surface area contributed by atoms with Crippen molar-refractivity contribution >= 4 is 17.5 Å². The van der Waals surface area contributed by atoms with Crippen molar-refractivity contribution in [3.63, 3.8) is 0 Å². The number of nitrogens with zero attached hydrogens (tertiary/aromatic N) is 3. The maximum absolute atomic E-state index is 12.2. The molecule has 1 aliphatic heterocycles. The average molecular weight is 268 g/mol. The van der Waals surface area contributed by atoms with Gasteiger partial charge in [0.25, 0.3) is 5.91 Å². The Kier molecular flexibility index (Phi) is 4.55. The lowest BCUT2D eigenvalue weighted by atomic mass is 10.2. The second kappa shape index (κ2) is 6.16. The molecule has 1 aromatic heterocycles. The summed E-state index contributed by atoms with van der Waals surface area (Å²) in [6.07, 6.45) is 5.64. The van der Waals surface area contributed by atoms with Gasteiger partial charge in [-0.15, -0.1) is 0 Å². The number of hydrogen-bond donors (Lipinski definition) is 0. The predicted octanol–water partition coefficient (Wildman–Crippen LogP) is 1.90. The average Bonchev–Trinajstić information content (AvgIpc) is 2.89. The number of rotatable bonds is 4. The van der Waals surface area contributed by atoms with E-state index in [1.54, 1.807) is 17.2 Å². The summed E-state index contributed by atoms with van der Waals surface area (Å²) in [4.78, 5) is 20.2. The van der Waals surface area contributed by atoms with Gasteiger partial charge in [-0.3, -0.25) is 9.78 Å². The lowest BCUT2D eigenvalue weighted by Gasteiger charge is -2.21. The largest absolute Gasteiger partial charge is 0.340 e. The molecule has 1 fully saturated rings. The molecule has 0 saturated carbocycles. The van der Waals surface area contributed by atoms with Crippen LogP contribution >= 0.6 is 11.6 Å². The summed E-state index contributed by atoms with van der Waals surface area (Å²) >= 11 is 5.97. The topological polar surface area (TPSA) is 36.4 Å². The Hall–Kier alpha value is -1.13. The molecule has 1 saturated heterocycles. The van der Waals surface area contributed by atoms with Crippen LogP contribution in [-0.4, -0.2) is 53.9 Å². The van der Waals surface area contributed by atoms with Crippen LogP contribution in [0.1, 0.15) is 23.2 Å². The molecule has 18 heavy (non-hydrogen) atoms. The molecule has 0 atom stereocenters. The van der Waals surface area contributed by atoms with E-state index in [0.29, 0.717) is 10.6 Å². The lowest BCUT2D eigenvalue weighted by molar-refractivity contribution is 0.0782. The smallest absolute Gasteiger partial charge is 0.255 e. The fraction of sp³-hybridized carbons (Fsp3) is 0.538. The molecule has 4 nitrogen and oxygen atoms in total. The highest BCUT2D eigenvalue weighted by molar-refractivity contribution is 6.33. The molecule has 1 aliphatic rings. The summed E-state index contributed by atoms with van der Waals surface area (Å²) in [5, 5.41) is 0.413. The van der Waals surface area contributed by atoms with Crippen LogP contribution in [0, 0.1) is 0 Å². The van der Waals surface area contributed by atoms with Gasteiger partial charge in [-0.05, 0) is 32.0 Å². The second-order valence-electron chi connectivity index (χ2n) is 4.63. The van der Waals surface area contributed by atoms with Crippen LogP contribution < -0.4 is 0 Å². The molecule has 0 bridgehead atoms. The summed E-state index contributed by atoms with van der Waals surface area (Å²) in [6, 6.07) is 1.66. The number of carbonyl (C=O) groups is 1. The van der Waals surface area contributed by atoms with Crippen molar-refractivity contribution in [1.82, 2.24) is 14.8 Å². The molecule has 0 radical (unpaired) electrons. The minimum atomic E-state index is -0.0402. The fourth-order valence-electron chi connectivity index (χ4n) is 2.15. The van der Waals surface area contributed by atoms with Crippen molar-refractivity contribution < 1.29 is 4.79 Å². The molecule has 1 aromatic rings. The molecule has 5 heteroatoms. The SMILES string of the molecule is CN(CCN1CCCC1)C(=O)c1ccncc1Cl. The molecular weight excluding hydrogens is 250 g/mol. The Labute approximate surface area is 113 Å². The first-order valence-electron chi connectivity index (χ1n) is 6.26. The number of carbonyl (C=O) groups excluding carboxylic acids is 1. The number of likely N-dealkylation sites (tertiary alicyclic amines) is 1. The second-order valence-corrected chi connectivity index (χ2v) is 5.04. The third-order valence-electron chi connectivity index (χ3n) is 3.30. The van der Waals surface area contributed by atoms with Gasteiger partial charge >= 0.3 is 0 Å². The third-order valence-corrected chi connectivity index (χ3v) is 3.60. The highest BCUT2D eigenvalue weighted by Crippen LogP contribution is 2.15. The number of amides is 1. The Balaban J connectivity index is 1.90. The maximum Gasteiger partial charge on any atom is 0.255 e. The van der Waals surface area contributed by atoms with Crippen LogP contribution in [0.5, 0.6) is 0 Å². The van der Waals surface area contributed by atoms with Gasteiger partial charge in [-0.2, -0.15) is 0 Å². The summed E-state index contributed by atoms with van der Waals surface area (Å²) in [5.41, 5.74) is 0.524. The van der Waals surface area contributed by atoms with E-state index in [1.165, 1.54) is 19.0 Å². The van der Waals surface area contributed by atoms with E-state index < -0.39 is 0 Å². The molecule has 2 rings (SSSR count). The van der Waals surface area contributed by atoms with Crippen molar-refractivity contribution in [2.24, 2.45) is 0 Å². The first kappa shape index (κ1) is 13.3. The summed E-state index contributed by atoms with van der Waals surface area (Å²) < 4.78 is 0. The van der Waals surface area contributed by atoms with Crippen LogP contribution in [0.25, 0.3) is 0 Å². The van der Waals surface area contributed by atoms with Crippen LogP contribution in [0.2, 0.25) is 5.02 Å². The summed E-state index contributed by atoms with van der Waals surface area (Å²) in [5.74, 6) is -0.0402. The maximum atomic E-state index is 12.2. The van der Waals surface area contributed by atoms with Crippen molar-refractivity contribution in [3.05, 3.63) is 29.0 Å². The summed E-state index contributed by atoms with van der Waals surface area (Å²) in [7, 11) is 1.81. The van der Waals surface area contributed by atoms with E-state index in [-0.39, 0.29) is 5.91 Å². The van der Waals surface area contributed by atoms with Crippen molar-refractivity contribution in [3.8, 4) is 0 Å². The van der Waals surface area contributed by atoms with Gasteiger partial charge in [0.1, 0.15) is 0 Å². The zero-order valence-electron chi connectivity index (χ0n) is 10.6. The number of halogens is 1. The standard InChI is InChI=1S/C13H18ClN3O/c1-16(8-9-17-6-2-3-7-17)13(18)11-4-5-15-10-12(11)14/h4-5,10H,2-3,6-9H2,1H3. The molecule has 0 aliphatic carbocycles. The normalized spacial score (nSPS) is 15.9. The summed E-state index contributed by atoms with van der Waals surface area (Å²) in [6.45, 7) is 3.97. The molecular formula is C13H18ClN3O. The molecule has 1 amide bonds. The molecule has 0 spiro atoms. The van der Waals surface area contributed by atoms with Crippen LogP contribution in [0.3, 0.4) is 0 Å². The van der Waals surface area contributed by atoms with E-state index in [0.717, 1.165) is 26.2 Å². The quantitative estimate of drug-likeness (QED) is 0.836. The van der Waals surface area contributed by atoms with E-state index in [4.69, 9.17) is 11.6 Å². The Morgan fingerprint density at radius 1 is 1.50 bits per heavy atom. The number of likely N-dealkylation sites (N-methyl/N-ethyl adjacent to an activating group) is 1. The van der Waals surface area contributed by atoms with Crippen molar-refractivity contribution in [2.75, 3.05) is 33.2 Å². The van der Waals surface area contributed by atoms with Gasteiger partial charge in [0.15, 0.2) is 0 Å². The van der Waals surface area contributed by atoms with Gasteiger partial charge in [-0.25, -0.2) is 0 Å². The van der Waals surface area contributed by atoms with Crippen LogP contribution in [-0.2, 0) is 0 Å². The molecule has 0 unspecified atom stereocenters. The highest BCUT2D eigenvalue weighted by Gasteiger charge is 2.17. The predicted molar refractivity (Wildman–Crippen MR) is 71.9 cm³/mol. The number of pyridine rings is 1. The Morgan fingerprint density at radius 2 is 2.22 bits per heavy atom. The number of hydrogen-bond acceptors (Lipinski definition) is 3. The van der Waals surface area contributed by atoms with Gasteiger partial charge in [0.05, 0.1) is 10.6 Å². The zero-order valence-corrected chi connectivity index (χ0v) is 11.4. The van der Waals surface area contributed by atoms with Crippen molar-refractivity contribution in [1.29, 1.82) is 0 Å². The van der Waals surface area contributed by atoms with Crippen LogP contribution in [0.4, 0.5) is 0 Å². The van der Waals surface area contributed by atoms with E-state index in [2.05, 4.69) is 9.88 Å². The third kappa shape index (κ3) is 3.21. The van der Waals surface area contributed by atoms with E-state index in [1.807, 2.05) is 7.05 Å². The Bertz CT molecular complexity index is 418. The molecule has 0 aromatic carbocycles. The highest BCUT2D eigenvalue weighted by atomic mass is 35.5. The number of aromatic nitrogens is 1. The van der Waals surface area contributed by atoms with Crippen LogP contribution in [0.15, 0.2) is 18.5 Å². The first-order chi connectivity index (χ1) is 8.68. The first-order valence-corrected chi connectivity index (χ1v) is 6.63. The van der Waals surface area contributed by atoms with Gasteiger partial charge in [0.2, 0.25) is 0 Å². The minimum absolute atomic E-state index is 0.0402. The molecule has 2 heterocycles.